The number of nitrogens with zero attached hydrogens (tertiary/aromatic N) is 6. The van der Waals surface area contributed by atoms with Crippen LogP contribution >= 0.6 is 11.6 Å². The molecule has 3 heterocycles. The Hall–Kier alpha value is -5.08. The summed E-state index contributed by atoms with van der Waals surface area (Å²) >= 11 is 6.18. The van der Waals surface area contributed by atoms with Gasteiger partial charge in [0.05, 0.1) is 35.0 Å². The van der Waals surface area contributed by atoms with E-state index in [1.165, 1.54) is 0 Å². The highest BCUT2D eigenvalue weighted by atomic mass is 35.5. The number of halogens is 1. The second kappa shape index (κ2) is 9.42. The summed E-state index contributed by atoms with van der Waals surface area (Å²) in [6.07, 6.45) is 6.80. The molecule has 0 saturated carbocycles. The molecule has 6 rings (SSSR count). The molecule has 1 aliphatic rings. The SMILES string of the molecule is C=C1c2cnn(-c3cccc(C(=N)N)c3)c2N=C(c2ccc(-c3cnccn3)cc2)N1c1ccc(Cl)cc1. The Bertz CT molecular complexity index is 1700. The molecule has 0 spiro atoms. The van der Waals surface area contributed by atoms with Crippen molar-refractivity contribution in [3.8, 4) is 16.9 Å². The molecule has 38 heavy (non-hydrogen) atoms. The normalized spacial score (nSPS) is 12.7. The number of fused-ring (bicyclic) bond motifs is 1. The molecule has 5 aromatic rings. The van der Waals surface area contributed by atoms with Gasteiger partial charge in [-0.05, 0) is 36.4 Å². The Labute approximate surface area is 223 Å². The molecule has 2 aromatic heterocycles. The first-order valence-corrected chi connectivity index (χ1v) is 12.1. The van der Waals surface area contributed by atoms with Gasteiger partial charge in [0.2, 0.25) is 0 Å². The van der Waals surface area contributed by atoms with E-state index in [1.54, 1.807) is 35.5 Å². The number of hydrogen-bond donors (Lipinski definition) is 2. The summed E-state index contributed by atoms with van der Waals surface area (Å²) in [5, 5.41) is 13.1. The molecule has 1 aliphatic heterocycles. The fraction of sp³-hybridized carbons (Fsp3) is 0. The molecule has 0 radical (unpaired) electrons. The predicted molar refractivity (Wildman–Crippen MR) is 151 cm³/mol. The van der Waals surface area contributed by atoms with Crippen LogP contribution in [0.4, 0.5) is 11.5 Å². The van der Waals surface area contributed by atoms with Gasteiger partial charge in [0, 0.05) is 39.8 Å². The molecule has 0 fully saturated rings. The number of nitrogens with two attached hydrogens (primary N) is 1. The van der Waals surface area contributed by atoms with Crippen molar-refractivity contribution in [3.63, 3.8) is 0 Å². The second-order valence-corrected chi connectivity index (χ2v) is 9.06. The molecular formula is C29H21ClN8. The van der Waals surface area contributed by atoms with Crippen molar-refractivity contribution in [1.82, 2.24) is 19.7 Å². The predicted octanol–water partition coefficient (Wildman–Crippen LogP) is 5.84. The van der Waals surface area contributed by atoms with Crippen molar-refractivity contribution in [2.75, 3.05) is 4.90 Å². The van der Waals surface area contributed by atoms with Crippen LogP contribution in [-0.2, 0) is 0 Å². The Morgan fingerprint density at radius 2 is 1.66 bits per heavy atom. The van der Waals surface area contributed by atoms with Gasteiger partial charge in [-0.25, -0.2) is 9.67 Å². The maximum Gasteiger partial charge on any atom is 0.167 e. The first kappa shape index (κ1) is 23.3. The molecule has 184 valence electrons. The molecule has 3 aromatic carbocycles. The topological polar surface area (TPSA) is 109 Å². The first-order chi connectivity index (χ1) is 18.5. The summed E-state index contributed by atoms with van der Waals surface area (Å²) in [7, 11) is 0. The third-order valence-electron chi connectivity index (χ3n) is 6.24. The number of benzene rings is 3. The molecule has 0 unspecified atom stereocenters. The second-order valence-electron chi connectivity index (χ2n) is 8.62. The van der Waals surface area contributed by atoms with Gasteiger partial charge >= 0.3 is 0 Å². The maximum atomic E-state index is 7.82. The van der Waals surface area contributed by atoms with Gasteiger partial charge in [-0.15, -0.1) is 0 Å². The molecule has 0 atom stereocenters. The number of amidine groups is 2. The van der Waals surface area contributed by atoms with Crippen molar-refractivity contribution in [2.45, 2.75) is 0 Å². The van der Waals surface area contributed by atoms with Gasteiger partial charge in [-0.2, -0.15) is 5.10 Å². The minimum atomic E-state index is -0.0152. The van der Waals surface area contributed by atoms with E-state index < -0.39 is 0 Å². The van der Waals surface area contributed by atoms with E-state index in [2.05, 4.69) is 21.6 Å². The standard InChI is InChI=1S/C29H21ClN8/c1-18-25-16-35-38(24-4-2-3-21(15-24)27(31)32)29(25)36-28(37(18)23-11-9-22(30)10-12-23)20-7-5-19(6-8-20)26-17-33-13-14-34-26/h2-17H,1H2,(H3,31,32). The van der Waals surface area contributed by atoms with E-state index >= 15 is 0 Å². The third-order valence-corrected chi connectivity index (χ3v) is 6.49. The Balaban J connectivity index is 1.50. The fourth-order valence-corrected chi connectivity index (χ4v) is 4.47. The number of aromatic nitrogens is 4. The number of nitrogens with one attached hydrogen (secondary N) is 1. The first-order valence-electron chi connectivity index (χ1n) is 11.7. The van der Waals surface area contributed by atoms with E-state index in [9.17, 15) is 0 Å². The minimum absolute atomic E-state index is 0.0152. The van der Waals surface area contributed by atoms with Gasteiger partial charge < -0.3 is 5.73 Å². The Morgan fingerprint density at radius 3 is 2.37 bits per heavy atom. The molecule has 3 N–H and O–H groups in total. The summed E-state index contributed by atoms with van der Waals surface area (Å²) in [6, 6.07) is 22.9. The smallest absolute Gasteiger partial charge is 0.167 e. The van der Waals surface area contributed by atoms with Crippen molar-refractivity contribution in [2.24, 2.45) is 10.7 Å². The molecule has 8 nitrogen and oxygen atoms in total. The van der Waals surface area contributed by atoms with Crippen LogP contribution in [0.1, 0.15) is 16.7 Å². The van der Waals surface area contributed by atoms with Gasteiger partial charge in [-0.3, -0.25) is 20.3 Å². The van der Waals surface area contributed by atoms with Crippen LogP contribution < -0.4 is 10.6 Å². The van der Waals surface area contributed by atoms with E-state index in [0.717, 1.165) is 39.5 Å². The molecule has 9 heteroatoms. The lowest BCUT2D eigenvalue weighted by Gasteiger charge is -2.31. The average Bonchev–Trinajstić information content (AvgIpc) is 3.39. The highest BCUT2D eigenvalue weighted by Gasteiger charge is 2.29. The van der Waals surface area contributed by atoms with E-state index in [4.69, 9.17) is 27.7 Å². The molecule has 0 bridgehead atoms. The third kappa shape index (κ3) is 4.12. The number of nitrogen functional groups attached to an aromatic ring is 1. The van der Waals surface area contributed by atoms with Crippen LogP contribution in [0.15, 0.2) is 109 Å². The van der Waals surface area contributed by atoms with Crippen LogP contribution in [0.25, 0.3) is 22.6 Å². The molecule has 0 saturated heterocycles. The van der Waals surface area contributed by atoms with E-state index in [1.807, 2.05) is 71.6 Å². The van der Waals surface area contributed by atoms with Crippen molar-refractivity contribution in [3.05, 3.63) is 126 Å². The minimum Gasteiger partial charge on any atom is -0.384 e. The Kier molecular flexibility index (Phi) is 5.78. The molecule has 0 amide bonds. The summed E-state index contributed by atoms with van der Waals surface area (Å²) < 4.78 is 1.74. The molecule has 0 aliphatic carbocycles. The average molecular weight is 517 g/mol. The van der Waals surface area contributed by atoms with Crippen LogP contribution in [0, 0.1) is 5.41 Å². The summed E-state index contributed by atoms with van der Waals surface area (Å²) in [6.45, 7) is 4.42. The summed E-state index contributed by atoms with van der Waals surface area (Å²) in [5.74, 6) is 1.30. The summed E-state index contributed by atoms with van der Waals surface area (Å²) in [5.41, 5.74) is 12.1. The molecular weight excluding hydrogens is 496 g/mol. The largest absolute Gasteiger partial charge is 0.384 e. The lowest BCUT2D eigenvalue weighted by atomic mass is 10.0. The van der Waals surface area contributed by atoms with Crippen LogP contribution in [-0.4, -0.2) is 31.4 Å². The quantitative estimate of drug-likeness (QED) is 0.225. The fourth-order valence-electron chi connectivity index (χ4n) is 4.35. The van der Waals surface area contributed by atoms with Gasteiger partial charge in [0.1, 0.15) is 11.7 Å². The van der Waals surface area contributed by atoms with E-state index in [-0.39, 0.29) is 5.84 Å². The van der Waals surface area contributed by atoms with E-state index in [0.29, 0.717) is 22.2 Å². The maximum absolute atomic E-state index is 7.82. The lowest BCUT2D eigenvalue weighted by molar-refractivity contribution is 0.879. The van der Waals surface area contributed by atoms with Gasteiger partial charge in [-0.1, -0.05) is 54.6 Å². The lowest BCUT2D eigenvalue weighted by Crippen LogP contribution is -2.32. The van der Waals surface area contributed by atoms with Crippen molar-refractivity contribution < 1.29 is 0 Å². The Morgan fingerprint density at radius 1 is 0.895 bits per heavy atom. The van der Waals surface area contributed by atoms with Crippen LogP contribution in [0.2, 0.25) is 5.02 Å². The van der Waals surface area contributed by atoms with Crippen molar-refractivity contribution >= 4 is 40.5 Å². The number of aliphatic imine (C=N–C) groups is 1. The number of hydrogen-bond acceptors (Lipinski definition) is 6. The van der Waals surface area contributed by atoms with Crippen LogP contribution in [0.5, 0.6) is 0 Å². The highest BCUT2D eigenvalue weighted by Crippen LogP contribution is 2.39. The van der Waals surface area contributed by atoms with Crippen molar-refractivity contribution in [1.29, 1.82) is 5.41 Å². The summed E-state index contributed by atoms with van der Waals surface area (Å²) in [4.78, 5) is 15.7. The highest BCUT2D eigenvalue weighted by molar-refractivity contribution is 6.30. The van der Waals surface area contributed by atoms with Crippen LogP contribution in [0.3, 0.4) is 0 Å². The van der Waals surface area contributed by atoms with Gasteiger partial charge in [0.15, 0.2) is 5.82 Å². The number of rotatable bonds is 5. The monoisotopic (exact) mass is 516 g/mol. The number of anilines is 1. The van der Waals surface area contributed by atoms with Gasteiger partial charge in [0.25, 0.3) is 0 Å². The zero-order valence-electron chi connectivity index (χ0n) is 20.1. The zero-order chi connectivity index (χ0) is 26.2. The zero-order valence-corrected chi connectivity index (χ0v) is 20.8.